The summed E-state index contributed by atoms with van der Waals surface area (Å²) < 4.78 is 0. The van der Waals surface area contributed by atoms with Gasteiger partial charge in [-0.05, 0) is 65.5 Å². The molecule has 2 aromatic carbocycles. The monoisotopic (exact) mass is 394 g/mol. The summed E-state index contributed by atoms with van der Waals surface area (Å²) in [6, 6.07) is 13.6. The highest BCUT2D eigenvalue weighted by Gasteiger charge is 2.36. The van der Waals surface area contributed by atoms with Crippen LogP contribution in [0.3, 0.4) is 0 Å². The number of benzene rings is 2. The minimum Gasteiger partial charge on any atom is -0.256 e. The molecule has 1 aliphatic rings. The average molecular weight is 395 g/mol. The molecule has 1 aliphatic carbocycles. The summed E-state index contributed by atoms with van der Waals surface area (Å²) in [5.41, 5.74) is 10.0. The second kappa shape index (κ2) is 6.14. The molecule has 0 amide bonds. The zero-order chi connectivity index (χ0) is 21.4. The zero-order valence-electron chi connectivity index (χ0n) is 19.1. The van der Waals surface area contributed by atoms with Crippen LogP contribution >= 0.6 is 0 Å². The molecule has 0 saturated carbocycles. The van der Waals surface area contributed by atoms with Crippen LogP contribution in [0.4, 0.5) is 0 Å². The summed E-state index contributed by atoms with van der Waals surface area (Å²) in [6.07, 6.45) is 3.02. The van der Waals surface area contributed by atoms with Crippen molar-refractivity contribution in [2.24, 2.45) is 5.41 Å². The first-order valence-corrected chi connectivity index (χ1v) is 10.9. The highest BCUT2D eigenvalue weighted by molar-refractivity contribution is 6.05. The van der Waals surface area contributed by atoms with Crippen LogP contribution in [0.2, 0.25) is 0 Å². The fourth-order valence-electron chi connectivity index (χ4n) is 5.38. The number of rotatable bonds is 1. The van der Waals surface area contributed by atoms with Crippen LogP contribution < -0.4 is 0 Å². The Morgan fingerprint density at radius 2 is 1.73 bits per heavy atom. The molecule has 152 valence electrons. The molecule has 2 heterocycles. The lowest BCUT2D eigenvalue weighted by Crippen LogP contribution is -2.25. The maximum atomic E-state index is 5.04. The summed E-state index contributed by atoms with van der Waals surface area (Å²) in [4.78, 5) is 9.91. The van der Waals surface area contributed by atoms with Crippen molar-refractivity contribution in [1.29, 1.82) is 0 Å². The van der Waals surface area contributed by atoms with Crippen molar-refractivity contribution in [3.8, 4) is 11.3 Å². The van der Waals surface area contributed by atoms with E-state index >= 15 is 0 Å². The number of hydrogen-bond acceptors (Lipinski definition) is 2. The molecule has 0 aliphatic heterocycles. The van der Waals surface area contributed by atoms with E-state index in [0.717, 1.165) is 23.3 Å². The second-order valence-corrected chi connectivity index (χ2v) is 10.7. The molecule has 0 N–H and O–H groups in total. The molecule has 0 bridgehead atoms. The first-order valence-electron chi connectivity index (χ1n) is 10.9. The quantitative estimate of drug-likeness (QED) is 0.338. The third kappa shape index (κ3) is 2.77. The van der Waals surface area contributed by atoms with Crippen molar-refractivity contribution in [2.45, 2.75) is 60.3 Å². The Balaban J connectivity index is 1.92. The predicted octanol–water partition coefficient (Wildman–Crippen LogP) is 7.29. The molecule has 0 atom stereocenters. The standard InChI is InChI=1S/C28H30N2/c1-16-12-17(2)30-26-20(16)8-9-21-24(26)28(6,7)22-14-18(15-27(3,4)5)13-19-10-11-29-25(21)23(19)22/h8-14H,15H2,1-7H3. The van der Waals surface area contributed by atoms with Gasteiger partial charge in [0.25, 0.3) is 0 Å². The van der Waals surface area contributed by atoms with E-state index < -0.39 is 0 Å². The molecule has 0 fully saturated rings. The van der Waals surface area contributed by atoms with Crippen molar-refractivity contribution >= 4 is 21.7 Å². The largest absolute Gasteiger partial charge is 0.256 e. The van der Waals surface area contributed by atoms with Crippen molar-refractivity contribution in [3.63, 3.8) is 0 Å². The first kappa shape index (κ1) is 19.2. The molecule has 4 aromatic rings. The minimum atomic E-state index is -0.149. The Kier molecular flexibility index (Phi) is 3.93. The van der Waals surface area contributed by atoms with E-state index in [1.807, 2.05) is 6.20 Å². The van der Waals surface area contributed by atoms with Gasteiger partial charge in [-0.1, -0.05) is 58.9 Å². The molecule has 30 heavy (non-hydrogen) atoms. The van der Waals surface area contributed by atoms with Gasteiger partial charge in [-0.15, -0.1) is 0 Å². The van der Waals surface area contributed by atoms with Gasteiger partial charge in [0.15, 0.2) is 0 Å². The molecule has 0 spiro atoms. The van der Waals surface area contributed by atoms with Crippen LogP contribution in [0.5, 0.6) is 0 Å². The van der Waals surface area contributed by atoms with Gasteiger partial charge in [0, 0.05) is 33.6 Å². The van der Waals surface area contributed by atoms with Crippen LogP contribution in [0.25, 0.3) is 32.9 Å². The minimum absolute atomic E-state index is 0.149. The third-order valence-corrected chi connectivity index (χ3v) is 6.53. The Morgan fingerprint density at radius 1 is 0.967 bits per heavy atom. The van der Waals surface area contributed by atoms with Gasteiger partial charge in [-0.2, -0.15) is 0 Å². The van der Waals surface area contributed by atoms with Gasteiger partial charge < -0.3 is 0 Å². The number of fused-ring (bicyclic) bond motifs is 4. The maximum absolute atomic E-state index is 5.04. The lowest BCUT2D eigenvalue weighted by Gasteiger charge is -2.36. The topological polar surface area (TPSA) is 25.8 Å². The second-order valence-electron chi connectivity index (χ2n) is 10.7. The van der Waals surface area contributed by atoms with Crippen molar-refractivity contribution in [2.75, 3.05) is 0 Å². The van der Waals surface area contributed by atoms with E-state index in [-0.39, 0.29) is 10.8 Å². The van der Waals surface area contributed by atoms with E-state index in [1.54, 1.807) is 0 Å². The van der Waals surface area contributed by atoms with Crippen LogP contribution in [0, 0.1) is 19.3 Å². The van der Waals surface area contributed by atoms with Gasteiger partial charge in [-0.25, -0.2) is 0 Å². The Hall–Kier alpha value is -2.74. The number of aromatic nitrogens is 2. The number of aryl methyl sites for hydroxylation is 2. The van der Waals surface area contributed by atoms with Crippen molar-refractivity contribution in [1.82, 2.24) is 9.97 Å². The highest BCUT2D eigenvalue weighted by atomic mass is 14.7. The molecule has 2 nitrogen and oxygen atoms in total. The molecule has 2 aromatic heterocycles. The summed E-state index contributed by atoms with van der Waals surface area (Å²) in [7, 11) is 0. The maximum Gasteiger partial charge on any atom is 0.0787 e. The van der Waals surface area contributed by atoms with Gasteiger partial charge in [0.05, 0.1) is 11.2 Å². The SMILES string of the molecule is Cc1cc(C)c2ccc3c(c2n1)C(C)(C)c1cc(CC(C)(C)C)cc2ccnc-3c12. The van der Waals surface area contributed by atoms with Gasteiger partial charge in [0.2, 0.25) is 0 Å². The Bertz CT molecular complexity index is 1340. The molecular formula is C28H30N2. The molecular weight excluding hydrogens is 364 g/mol. The van der Waals surface area contributed by atoms with Crippen molar-refractivity contribution < 1.29 is 0 Å². The summed E-state index contributed by atoms with van der Waals surface area (Å²) >= 11 is 0. The number of nitrogens with zero attached hydrogens (tertiary/aromatic N) is 2. The number of pyridine rings is 2. The van der Waals surface area contributed by atoms with Crippen LogP contribution in [-0.4, -0.2) is 9.97 Å². The smallest absolute Gasteiger partial charge is 0.0787 e. The molecule has 0 radical (unpaired) electrons. The van der Waals surface area contributed by atoms with Gasteiger partial charge >= 0.3 is 0 Å². The normalized spacial score (nSPS) is 14.9. The number of hydrogen-bond donors (Lipinski definition) is 0. The molecule has 2 heteroatoms. The van der Waals surface area contributed by atoms with E-state index in [1.165, 1.54) is 44.0 Å². The predicted molar refractivity (Wildman–Crippen MR) is 127 cm³/mol. The van der Waals surface area contributed by atoms with E-state index in [9.17, 15) is 0 Å². The van der Waals surface area contributed by atoms with Crippen LogP contribution in [0.1, 0.15) is 62.6 Å². The van der Waals surface area contributed by atoms with E-state index in [0.29, 0.717) is 0 Å². The molecule has 0 unspecified atom stereocenters. The summed E-state index contributed by atoms with van der Waals surface area (Å²) in [6.45, 7) is 15.9. The summed E-state index contributed by atoms with van der Waals surface area (Å²) in [5, 5.41) is 3.84. The van der Waals surface area contributed by atoms with Crippen LogP contribution in [0.15, 0.2) is 42.6 Å². The Labute approximate surface area is 179 Å². The highest BCUT2D eigenvalue weighted by Crippen LogP contribution is 2.50. The van der Waals surface area contributed by atoms with Crippen LogP contribution in [-0.2, 0) is 11.8 Å². The van der Waals surface area contributed by atoms with Gasteiger partial charge in [-0.3, -0.25) is 9.97 Å². The fraction of sp³-hybridized carbons (Fsp3) is 0.357. The van der Waals surface area contributed by atoms with E-state index in [4.69, 9.17) is 9.97 Å². The van der Waals surface area contributed by atoms with Gasteiger partial charge in [0.1, 0.15) is 0 Å². The average Bonchev–Trinajstić information content (AvgIpc) is 2.63. The molecule has 5 rings (SSSR count). The first-order chi connectivity index (χ1) is 14.1. The summed E-state index contributed by atoms with van der Waals surface area (Å²) in [5.74, 6) is 0. The fourth-order valence-corrected chi connectivity index (χ4v) is 5.38. The lowest BCUT2D eigenvalue weighted by molar-refractivity contribution is 0.411. The van der Waals surface area contributed by atoms with E-state index in [2.05, 4.69) is 84.9 Å². The Morgan fingerprint density at radius 3 is 2.47 bits per heavy atom. The lowest BCUT2D eigenvalue weighted by atomic mass is 9.68. The zero-order valence-corrected chi connectivity index (χ0v) is 19.1. The molecule has 0 saturated heterocycles. The third-order valence-electron chi connectivity index (χ3n) is 6.53. The van der Waals surface area contributed by atoms with Crippen molar-refractivity contribution in [3.05, 3.63) is 70.5 Å².